The van der Waals surface area contributed by atoms with E-state index < -0.39 is 6.10 Å². The quantitative estimate of drug-likeness (QED) is 0.729. The molecule has 0 aliphatic heterocycles. The van der Waals surface area contributed by atoms with Crippen LogP contribution in [0.5, 0.6) is 5.75 Å². The van der Waals surface area contributed by atoms with Crippen LogP contribution in [0.15, 0.2) is 24.3 Å². The highest BCUT2D eigenvalue weighted by atomic mass is 16.5. The van der Waals surface area contributed by atoms with E-state index in [1.807, 2.05) is 31.2 Å². The molecule has 0 saturated heterocycles. The standard InChI is InChI=1S/C17H29NO2/c1-13(2)8-9-15(4)18-11-16(19)12-20-17-7-5-6-14(3)10-17/h5-7,10,13,15-16,18-19H,8-9,11-12H2,1-4H3. The van der Waals surface area contributed by atoms with Gasteiger partial charge in [0.2, 0.25) is 0 Å². The van der Waals surface area contributed by atoms with E-state index in [2.05, 4.69) is 26.1 Å². The van der Waals surface area contributed by atoms with Crippen molar-refractivity contribution < 1.29 is 9.84 Å². The van der Waals surface area contributed by atoms with Crippen molar-refractivity contribution in [3.05, 3.63) is 29.8 Å². The number of nitrogens with one attached hydrogen (secondary N) is 1. The highest BCUT2D eigenvalue weighted by Crippen LogP contribution is 2.12. The van der Waals surface area contributed by atoms with Gasteiger partial charge in [0.05, 0.1) is 0 Å². The van der Waals surface area contributed by atoms with Crippen molar-refractivity contribution in [3.8, 4) is 5.75 Å². The predicted octanol–water partition coefficient (Wildman–Crippen LogP) is 3.15. The second kappa shape index (κ2) is 8.98. The zero-order valence-corrected chi connectivity index (χ0v) is 13.2. The van der Waals surface area contributed by atoms with Crippen molar-refractivity contribution in [2.24, 2.45) is 5.92 Å². The Hall–Kier alpha value is -1.06. The third kappa shape index (κ3) is 7.51. The fraction of sp³-hybridized carbons (Fsp3) is 0.647. The lowest BCUT2D eigenvalue weighted by Gasteiger charge is -2.18. The van der Waals surface area contributed by atoms with Gasteiger partial charge in [0, 0.05) is 12.6 Å². The van der Waals surface area contributed by atoms with Gasteiger partial charge < -0.3 is 15.2 Å². The third-order valence-corrected chi connectivity index (χ3v) is 3.31. The van der Waals surface area contributed by atoms with Crippen molar-refractivity contribution in [3.63, 3.8) is 0 Å². The summed E-state index contributed by atoms with van der Waals surface area (Å²) in [5.41, 5.74) is 1.16. The number of ether oxygens (including phenoxy) is 1. The summed E-state index contributed by atoms with van der Waals surface area (Å²) < 4.78 is 5.59. The molecule has 0 amide bonds. The molecule has 2 N–H and O–H groups in total. The van der Waals surface area contributed by atoms with Crippen LogP contribution in [-0.4, -0.2) is 30.4 Å². The van der Waals surface area contributed by atoms with Crippen molar-refractivity contribution in [2.45, 2.75) is 52.7 Å². The average molecular weight is 279 g/mol. The Bertz CT molecular complexity index is 379. The molecule has 0 radical (unpaired) electrons. The Kier molecular flexibility index (Phi) is 7.63. The summed E-state index contributed by atoms with van der Waals surface area (Å²) in [5, 5.41) is 13.3. The molecular formula is C17H29NO2. The highest BCUT2D eigenvalue weighted by Gasteiger charge is 2.08. The number of aliphatic hydroxyl groups is 1. The van der Waals surface area contributed by atoms with E-state index >= 15 is 0 Å². The molecule has 1 aromatic carbocycles. The van der Waals surface area contributed by atoms with Crippen molar-refractivity contribution >= 4 is 0 Å². The summed E-state index contributed by atoms with van der Waals surface area (Å²) >= 11 is 0. The van der Waals surface area contributed by atoms with Crippen LogP contribution >= 0.6 is 0 Å². The van der Waals surface area contributed by atoms with Crippen LogP contribution in [0, 0.1) is 12.8 Å². The minimum Gasteiger partial charge on any atom is -0.491 e. The number of hydrogen-bond acceptors (Lipinski definition) is 3. The number of benzene rings is 1. The lowest BCUT2D eigenvalue weighted by molar-refractivity contribution is 0.103. The van der Waals surface area contributed by atoms with E-state index in [-0.39, 0.29) is 0 Å². The molecule has 0 fully saturated rings. The number of aliphatic hydroxyl groups excluding tert-OH is 1. The van der Waals surface area contributed by atoms with Crippen molar-refractivity contribution in [1.29, 1.82) is 0 Å². The third-order valence-electron chi connectivity index (χ3n) is 3.31. The highest BCUT2D eigenvalue weighted by molar-refractivity contribution is 5.27. The molecule has 0 spiro atoms. The summed E-state index contributed by atoms with van der Waals surface area (Å²) in [5.74, 6) is 1.55. The van der Waals surface area contributed by atoms with Crippen LogP contribution in [0.4, 0.5) is 0 Å². The molecule has 114 valence electrons. The van der Waals surface area contributed by atoms with Crippen LogP contribution in [-0.2, 0) is 0 Å². The van der Waals surface area contributed by atoms with Gasteiger partial charge in [-0.25, -0.2) is 0 Å². The molecule has 0 aliphatic rings. The molecule has 0 bridgehead atoms. The molecule has 2 unspecified atom stereocenters. The summed E-state index contributed by atoms with van der Waals surface area (Å²) in [6.45, 7) is 9.56. The Labute approximate surface area is 123 Å². The number of rotatable bonds is 9. The molecular weight excluding hydrogens is 250 g/mol. The second-order valence-electron chi connectivity index (χ2n) is 6.06. The first-order valence-electron chi connectivity index (χ1n) is 7.58. The van der Waals surface area contributed by atoms with Gasteiger partial charge in [0.1, 0.15) is 18.5 Å². The molecule has 0 aliphatic carbocycles. The van der Waals surface area contributed by atoms with E-state index in [4.69, 9.17) is 4.74 Å². The van der Waals surface area contributed by atoms with Crippen molar-refractivity contribution in [1.82, 2.24) is 5.32 Å². The van der Waals surface area contributed by atoms with Gasteiger partial charge in [-0.2, -0.15) is 0 Å². The van der Waals surface area contributed by atoms with Gasteiger partial charge in [0.25, 0.3) is 0 Å². The minimum atomic E-state index is -0.475. The summed E-state index contributed by atoms with van der Waals surface area (Å²) in [6, 6.07) is 8.32. The van der Waals surface area contributed by atoms with Crippen LogP contribution in [0.2, 0.25) is 0 Å². The molecule has 3 heteroatoms. The van der Waals surface area contributed by atoms with Crippen molar-refractivity contribution in [2.75, 3.05) is 13.2 Å². The van der Waals surface area contributed by atoms with Gasteiger partial charge in [-0.1, -0.05) is 26.0 Å². The van der Waals surface area contributed by atoms with E-state index in [0.29, 0.717) is 19.2 Å². The van der Waals surface area contributed by atoms with E-state index in [1.54, 1.807) is 0 Å². The topological polar surface area (TPSA) is 41.5 Å². The maximum Gasteiger partial charge on any atom is 0.119 e. The normalized spacial score (nSPS) is 14.3. The fourth-order valence-electron chi connectivity index (χ4n) is 1.98. The SMILES string of the molecule is Cc1cccc(OCC(O)CNC(C)CCC(C)C)c1. The van der Waals surface area contributed by atoms with Gasteiger partial charge in [-0.15, -0.1) is 0 Å². The number of hydrogen-bond donors (Lipinski definition) is 2. The Morgan fingerprint density at radius 3 is 2.60 bits per heavy atom. The first-order chi connectivity index (χ1) is 9.47. The monoisotopic (exact) mass is 279 g/mol. The zero-order valence-electron chi connectivity index (χ0n) is 13.2. The first-order valence-corrected chi connectivity index (χ1v) is 7.58. The fourth-order valence-corrected chi connectivity index (χ4v) is 1.98. The van der Waals surface area contributed by atoms with Gasteiger partial charge in [-0.05, 0) is 50.3 Å². The molecule has 20 heavy (non-hydrogen) atoms. The van der Waals surface area contributed by atoms with Crippen LogP contribution in [0.3, 0.4) is 0 Å². The minimum absolute atomic E-state index is 0.327. The van der Waals surface area contributed by atoms with Crippen LogP contribution in [0.1, 0.15) is 39.2 Å². The van der Waals surface area contributed by atoms with Crippen LogP contribution in [0.25, 0.3) is 0 Å². The molecule has 1 rings (SSSR count). The predicted molar refractivity (Wildman–Crippen MR) is 84.2 cm³/mol. The zero-order chi connectivity index (χ0) is 15.0. The summed E-state index contributed by atoms with van der Waals surface area (Å²) in [6.07, 6.45) is 1.88. The van der Waals surface area contributed by atoms with Gasteiger partial charge in [-0.3, -0.25) is 0 Å². The smallest absolute Gasteiger partial charge is 0.119 e. The molecule has 0 saturated carbocycles. The maximum absolute atomic E-state index is 9.92. The summed E-state index contributed by atoms with van der Waals surface area (Å²) in [7, 11) is 0. The molecule has 3 nitrogen and oxygen atoms in total. The Morgan fingerprint density at radius 1 is 1.20 bits per heavy atom. The van der Waals surface area contributed by atoms with Gasteiger partial charge in [0.15, 0.2) is 0 Å². The maximum atomic E-state index is 9.92. The molecule has 0 heterocycles. The lowest BCUT2D eigenvalue weighted by Crippen LogP contribution is -2.36. The van der Waals surface area contributed by atoms with Crippen LogP contribution < -0.4 is 10.1 Å². The molecule has 1 aromatic rings. The number of aryl methyl sites for hydroxylation is 1. The second-order valence-corrected chi connectivity index (χ2v) is 6.06. The largest absolute Gasteiger partial charge is 0.491 e. The first kappa shape index (κ1) is 17.0. The van der Waals surface area contributed by atoms with E-state index in [1.165, 1.54) is 6.42 Å². The molecule has 2 atom stereocenters. The lowest BCUT2D eigenvalue weighted by atomic mass is 10.0. The molecule has 0 aromatic heterocycles. The van der Waals surface area contributed by atoms with Gasteiger partial charge >= 0.3 is 0 Å². The Morgan fingerprint density at radius 2 is 1.95 bits per heavy atom. The summed E-state index contributed by atoms with van der Waals surface area (Å²) in [4.78, 5) is 0. The Balaban J connectivity index is 2.18. The van der Waals surface area contributed by atoms with E-state index in [0.717, 1.165) is 23.7 Å². The average Bonchev–Trinajstić information content (AvgIpc) is 2.40. The van der Waals surface area contributed by atoms with E-state index in [9.17, 15) is 5.11 Å².